The zero-order chi connectivity index (χ0) is 20.4. The molecule has 4 rings (SSSR count). The molecule has 0 saturated carbocycles. The van der Waals surface area contributed by atoms with E-state index >= 15 is 0 Å². The molecule has 0 radical (unpaired) electrons. The predicted octanol–water partition coefficient (Wildman–Crippen LogP) is 4.78. The second-order valence-electron chi connectivity index (χ2n) is 7.21. The van der Waals surface area contributed by atoms with E-state index in [4.69, 9.17) is 9.47 Å². The van der Waals surface area contributed by atoms with Crippen LogP contribution in [0.15, 0.2) is 54.7 Å². The van der Waals surface area contributed by atoms with Crippen molar-refractivity contribution in [1.29, 1.82) is 0 Å². The molecule has 1 aliphatic heterocycles. The molecule has 6 heteroatoms. The maximum atomic E-state index is 14.8. The van der Waals surface area contributed by atoms with Gasteiger partial charge in [-0.2, -0.15) is 0 Å². The summed E-state index contributed by atoms with van der Waals surface area (Å²) in [5.41, 5.74) is 1.94. The molecule has 0 spiro atoms. The van der Waals surface area contributed by atoms with Crippen LogP contribution in [0.5, 0.6) is 11.5 Å². The molecule has 1 aromatic heterocycles. The highest BCUT2D eigenvalue weighted by atomic mass is 19.1. The Bertz CT molecular complexity index is 960. The second kappa shape index (κ2) is 8.25. The molecule has 1 aliphatic rings. The second-order valence-corrected chi connectivity index (χ2v) is 7.21. The van der Waals surface area contributed by atoms with Crippen molar-refractivity contribution in [2.75, 3.05) is 20.8 Å². The van der Waals surface area contributed by atoms with Gasteiger partial charge in [-0.1, -0.05) is 6.07 Å². The van der Waals surface area contributed by atoms with Gasteiger partial charge in [0.15, 0.2) is 0 Å². The van der Waals surface area contributed by atoms with E-state index in [1.165, 1.54) is 18.2 Å². The van der Waals surface area contributed by atoms with Gasteiger partial charge in [0, 0.05) is 43.2 Å². The lowest BCUT2D eigenvalue weighted by Crippen LogP contribution is -2.31. The van der Waals surface area contributed by atoms with Crippen LogP contribution in [-0.4, -0.2) is 30.2 Å². The fraction of sp³-hybridized carbons (Fsp3) is 0.304. The highest BCUT2D eigenvalue weighted by Crippen LogP contribution is 2.36. The van der Waals surface area contributed by atoms with Crippen LogP contribution in [0, 0.1) is 11.6 Å². The molecule has 3 aromatic rings. The van der Waals surface area contributed by atoms with Crippen molar-refractivity contribution in [3.8, 4) is 11.5 Å². The zero-order valence-corrected chi connectivity index (χ0v) is 16.6. The van der Waals surface area contributed by atoms with Gasteiger partial charge >= 0.3 is 0 Å². The van der Waals surface area contributed by atoms with Gasteiger partial charge in [0.25, 0.3) is 0 Å². The first kappa shape index (κ1) is 19.5. The minimum absolute atomic E-state index is 0.0872. The summed E-state index contributed by atoms with van der Waals surface area (Å²) in [7, 11) is 3.21. The van der Waals surface area contributed by atoms with Gasteiger partial charge < -0.3 is 14.0 Å². The Balaban J connectivity index is 1.79. The van der Waals surface area contributed by atoms with Crippen LogP contribution in [0.1, 0.15) is 29.3 Å². The Morgan fingerprint density at radius 2 is 1.62 bits per heavy atom. The summed E-state index contributed by atoms with van der Waals surface area (Å²) in [5.74, 6) is 0.313. The molecule has 0 aliphatic carbocycles. The number of fused-ring (bicyclic) bond motifs is 1. The van der Waals surface area contributed by atoms with Crippen LogP contribution < -0.4 is 9.47 Å². The van der Waals surface area contributed by atoms with Gasteiger partial charge in [-0.3, -0.25) is 4.90 Å². The highest BCUT2D eigenvalue weighted by Gasteiger charge is 2.31. The van der Waals surface area contributed by atoms with E-state index in [9.17, 15) is 8.78 Å². The van der Waals surface area contributed by atoms with E-state index in [0.29, 0.717) is 24.6 Å². The fourth-order valence-electron chi connectivity index (χ4n) is 4.10. The Morgan fingerprint density at radius 3 is 2.28 bits per heavy atom. The van der Waals surface area contributed by atoms with Gasteiger partial charge in [0.05, 0.1) is 20.3 Å². The van der Waals surface area contributed by atoms with Crippen molar-refractivity contribution in [3.63, 3.8) is 0 Å². The first-order valence-corrected chi connectivity index (χ1v) is 9.65. The molecule has 2 heterocycles. The molecular weight excluding hydrogens is 374 g/mol. The average molecular weight is 398 g/mol. The number of hydrogen-bond donors (Lipinski definition) is 0. The number of methoxy groups -OCH3 is 2. The van der Waals surface area contributed by atoms with Gasteiger partial charge in [0.1, 0.15) is 23.1 Å². The average Bonchev–Trinajstić information content (AvgIpc) is 3.11. The molecule has 2 aromatic carbocycles. The lowest BCUT2D eigenvalue weighted by molar-refractivity contribution is 0.211. The van der Waals surface area contributed by atoms with Crippen molar-refractivity contribution < 1.29 is 18.3 Å². The quantitative estimate of drug-likeness (QED) is 0.619. The maximum absolute atomic E-state index is 14.8. The number of aromatic nitrogens is 1. The summed E-state index contributed by atoms with van der Waals surface area (Å²) in [6.45, 7) is 2.03. The molecule has 0 amide bonds. The van der Waals surface area contributed by atoms with Gasteiger partial charge in [-0.05, 0) is 48.4 Å². The zero-order valence-electron chi connectivity index (χ0n) is 16.6. The Kier molecular flexibility index (Phi) is 5.53. The number of aryl methyl sites for hydroxylation is 1. The Hall–Kier alpha value is -2.86. The number of hydrogen-bond acceptors (Lipinski definition) is 3. The molecule has 0 fully saturated rings. The van der Waals surface area contributed by atoms with Crippen molar-refractivity contribution in [1.82, 2.24) is 9.47 Å². The first-order valence-electron chi connectivity index (χ1n) is 9.65. The minimum Gasteiger partial charge on any atom is -0.497 e. The van der Waals surface area contributed by atoms with Gasteiger partial charge in [-0.25, -0.2) is 8.78 Å². The molecule has 4 nitrogen and oxygen atoms in total. The number of nitrogens with zero attached hydrogens (tertiary/aromatic N) is 2. The summed E-state index contributed by atoms with van der Waals surface area (Å²) in [6.07, 6.45) is 2.86. The predicted molar refractivity (Wildman–Crippen MR) is 107 cm³/mol. The fourth-order valence-corrected chi connectivity index (χ4v) is 4.10. The summed E-state index contributed by atoms with van der Waals surface area (Å²) in [4.78, 5) is 2.12. The molecule has 152 valence electrons. The van der Waals surface area contributed by atoms with Crippen LogP contribution in [0.25, 0.3) is 0 Å². The maximum Gasteiger partial charge on any atom is 0.131 e. The largest absolute Gasteiger partial charge is 0.497 e. The smallest absolute Gasteiger partial charge is 0.131 e. The van der Waals surface area contributed by atoms with E-state index in [1.807, 2.05) is 36.5 Å². The van der Waals surface area contributed by atoms with Crippen molar-refractivity contribution in [2.45, 2.75) is 25.6 Å². The van der Waals surface area contributed by atoms with Gasteiger partial charge in [0.2, 0.25) is 0 Å². The SMILES string of the molecule is COc1cc(CN2CCCn3cccc3C2c2c(F)cccc2F)cc(OC)c1. The van der Waals surface area contributed by atoms with E-state index in [1.54, 1.807) is 14.2 Å². The van der Waals surface area contributed by atoms with E-state index in [0.717, 1.165) is 24.2 Å². The van der Waals surface area contributed by atoms with Crippen LogP contribution in [-0.2, 0) is 13.1 Å². The van der Waals surface area contributed by atoms with E-state index < -0.39 is 17.7 Å². The number of halogens is 2. The third-order valence-electron chi connectivity index (χ3n) is 5.42. The lowest BCUT2D eigenvalue weighted by atomic mass is 9.99. The van der Waals surface area contributed by atoms with Crippen LogP contribution in [0.4, 0.5) is 8.78 Å². The summed E-state index contributed by atoms with van der Waals surface area (Å²) < 4.78 is 42.5. The van der Waals surface area contributed by atoms with Crippen molar-refractivity contribution in [2.24, 2.45) is 0 Å². The van der Waals surface area contributed by atoms with Crippen molar-refractivity contribution >= 4 is 0 Å². The van der Waals surface area contributed by atoms with Crippen LogP contribution >= 0.6 is 0 Å². The lowest BCUT2D eigenvalue weighted by Gasteiger charge is -2.31. The molecule has 0 saturated heterocycles. The summed E-state index contributed by atoms with van der Waals surface area (Å²) in [5, 5.41) is 0. The molecule has 1 unspecified atom stereocenters. The molecule has 0 N–H and O–H groups in total. The third kappa shape index (κ3) is 3.85. The van der Waals surface area contributed by atoms with Crippen molar-refractivity contribution in [3.05, 3.63) is 83.2 Å². The number of benzene rings is 2. The van der Waals surface area contributed by atoms with E-state index in [2.05, 4.69) is 9.47 Å². The standard InChI is InChI=1S/C23H24F2N2O2/c1-28-17-12-16(13-18(14-17)29-2)15-27-11-5-10-26-9-4-8-21(26)23(27)22-19(24)6-3-7-20(22)25/h3-4,6-9,12-14,23H,5,10-11,15H2,1-2H3. The van der Waals surface area contributed by atoms with Gasteiger partial charge in [-0.15, -0.1) is 0 Å². The Morgan fingerprint density at radius 1 is 0.931 bits per heavy atom. The van der Waals surface area contributed by atoms with Crippen LogP contribution in [0.2, 0.25) is 0 Å². The first-order chi connectivity index (χ1) is 14.1. The number of rotatable bonds is 5. The molecule has 0 bridgehead atoms. The highest BCUT2D eigenvalue weighted by molar-refractivity contribution is 5.39. The molecular formula is C23H24F2N2O2. The normalized spacial score (nSPS) is 16.9. The molecule has 29 heavy (non-hydrogen) atoms. The minimum atomic E-state index is -0.530. The molecule has 1 atom stereocenters. The number of ether oxygens (including phenoxy) is 2. The Labute approximate surface area is 169 Å². The third-order valence-corrected chi connectivity index (χ3v) is 5.42. The summed E-state index contributed by atoms with van der Waals surface area (Å²) in [6, 6.07) is 13.1. The monoisotopic (exact) mass is 398 g/mol. The van der Waals surface area contributed by atoms with Crippen LogP contribution in [0.3, 0.4) is 0 Å². The summed E-state index contributed by atoms with van der Waals surface area (Å²) >= 11 is 0. The van der Waals surface area contributed by atoms with E-state index in [-0.39, 0.29) is 5.56 Å². The topological polar surface area (TPSA) is 26.6 Å².